The smallest absolute Gasteiger partial charge is 0.314 e. The minimum Gasteiger partial charge on any atom is -0.610 e. The van der Waals surface area contributed by atoms with Crippen LogP contribution in [0.15, 0.2) is 35.5 Å². The zero-order valence-corrected chi connectivity index (χ0v) is 62.8. The first kappa shape index (κ1) is 87.6. The zero-order chi connectivity index (χ0) is 78.9. The van der Waals surface area contributed by atoms with Crippen LogP contribution < -0.4 is 58.3 Å². The molecule has 1 aromatic carbocycles. The number of thioether (sulfide) groups is 1. The summed E-state index contributed by atoms with van der Waals surface area (Å²) in [6.45, 7) is 7.24. The van der Waals surface area contributed by atoms with E-state index in [1.165, 1.54) is 37.9 Å². The topological polar surface area (TPSA) is 550 Å². The number of hydrogen-bond acceptors (Lipinski definition) is 27. The highest BCUT2D eigenvalue weighted by Crippen LogP contribution is 2.37. The Morgan fingerprint density at radius 1 is 0.734 bits per heavy atom. The van der Waals surface area contributed by atoms with Crippen LogP contribution in [0, 0.1) is 11.8 Å². The minimum absolute atomic E-state index is 0.0529. The number of ether oxygens (including phenoxy) is 8. The number of aliphatic hydroxyl groups excluding tert-OH is 3. The highest BCUT2D eigenvalue weighted by molar-refractivity contribution is 7.98. The Morgan fingerprint density at radius 2 is 1.33 bits per heavy atom. The average Bonchev–Trinajstić information content (AvgIpc) is 1.62. The number of nitrogens with zero attached hydrogens (tertiary/aromatic N) is 5. The maximum Gasteiger partial charge on any atom is 0.314 e. The molecule has 2 bridgehead atoms. The van der Waals surface area contributed by atoms with Gasteiger partial charge in [0.2, 0.25) is 58.2 Å². The van der Waals surface area contributed by atoms with E-state index in [0.717, 1.165) is 9.80 Å². The lowest BCUT2D eigenvalue weighted by atomic mass is 9.93. The van der Waals surface area contributed by atoms with Crippen molar-refractivity contribution in [2.45, 2.75) is 119 Å². The molecule has 42 heteroatoms. The molecule has 11 atom stereocenters. The molecule has 4 aliphatic rings. The molecule has 4 aliphatic heterocycles. The number of H-pyrrole nitrogens is 1. The summed E-state index contributed by atoms with van der Waals surface area (Å²) in [6, 6.07) is -7.60. The SMILES string of the molecule is CC[C@H](C)[C@H]1NC(=O)CNC(=O)[C@@H]2Cc3c([nH]c4c(CSCCNC(=O)NCCOCCOCCOCCOCCOCCOCCOCCn5cc(CN6C(=O)C=CC6=O)nn5)c(OC)ccc34)[S+]([O-])C[C@H](NC(=O)CNC1=O)C(=O)N[C@@H](CC(N)=O)C(=O)N1C[C@H](O)C[C@@H]1C(=O)N[C@@H]([C@@H](C)[C@@H](O)CO)C(=O)N2. The van der Waals surface area contributed by atoms with Gasteiger partial charge >= 0.3 is 6.03 Å². The fraction of sp³-hybridized carbons (Fsp3) is 0.642. The molecule has 40 nitrogen and oxygen atoms in total. The maximum absolute atomic E-state index is 15.4. The van der Waals surface area contributed by atoms with Gasteiger partial charge in [-0.2, -0.15) is 11.8 Å². The highest BCUT2D eigenvalue weighted by atomic mass is 32.2. The lowest BCUT2D eigenvalue weighted by Crippen LogP contribution is -2.62. The number of fused-ring (bicyclic) bond motifs is 5. The van der Waals surface area contributed by atoms with Crippen LogP contribution in [0.3, 0.4) is 0 Å². The average molecular weight is 1580 g/mol. The molecular weight excluding hydrogens is 1480 g/mol. The third-order valence-electron chi connectivity index (χ3n) is 17.8. The number of rotatable bonds is 39. The van der Waals surface area contributed by atoms with Crippen LogP contribution >= 0.6 is 11.8 Å². The number of hydrogen-bond donors (Lipinski definition) is 14. The molecule has 1 unspecified atom stereocenters. The van der Waals surface area contributed by atoms with Crippen molar-refractivity contribution in [2.24, 2.45) is 17.6 Å². The van der Waals surface area contributed by atoms with Crippen molar-refractivity contribution in [3.63, 3.8) is 0 Å². The van der Waals surface area contributed by atoms with Crippen LogP contribution in [0.25, 0.3) is 10.9 Å². The number of nitrogens with one attached hydrogen (secondary N) is 10. The van der Waals surface area contributed by atoms with Crippen molar-refractivity contribution in [3.05, 3.63) is 47.3 Å². The fourth-order valence-corrected chi connectivity index (χ4v) is 14.0. The van der Waals surface area contributed by atoms with Gasteiger partial charge in [-0.3, -0.25) is 57.6 Å². The first-order valence-electron chi connectivity index (χ1n) is 35.7. The number of carbonyl (C=O) groups is 12. The van der Waals surface area contributed by atoms with Crippen LogP contribution in [0.5, 0.6) is 5.75 Å². The second kappa shape index (κ2) is 45.5. The highest BCUT2D eigenvalue weighted by Gasteiger charge is 2.46. The van der Waals surface area contributed by atoms with E-state index in [4.69, 9.17) is 43.6 Å². The van der Waals surface area contributed by atoms with E-state index >= 15 is 4.55 Å². The molecule has 3 aromatic rings. The van der Waals surface area contributed by atoms with Crippen LogP contribution in [0.1, 0.15) is 56.9 Å². The second-order valence-corrected chi connectivity index (χ2v) is 28.2. The van der Waals surface area contributed by atoms with Crippen molar-refractivity contribution in [3.8, 4) is 5.75 Å². The van der Waals surface area contributed by atoms with Gasteiger partial charge in [0.05, 0.1) is 163 Å². The molecule has 0 spiro atoms. The van der Waals surface area contributed by atoms with Gasteiger partial charge in [0.15, 0.2) is 6.04 Å². The third-order valence-corrected chi connectivity index (χ3v) is 20.2. The Balaban J connectivity index is 0.902. The second-order valence-electron chi connectivity index (χ2n) is 25.7. The zero-order valence-electron chi connectivity index (χ0n) is 61.2. The molecule has 13 amide bonds. The van der Waals surface area contributed by atoms with Gasteiger partial charge in [-0.05, 0) is 18.1 Å². The summed E-state index contributed by atoms with van der Waals surface area (Å²) >= 11 is -1.13. The van der Waals surface area contributed by atoms with Crippen LogP contribution in [0.4, 0.5) is 4.79 Å². The van der Waals surface area contributed by atoms with Gasteiger partial charge in [0.1, 0.15) is 47.4 Å². The minimum atomic E-state index is -2.48. The largest absolute Gasteiger partial charge is 0.610 e. The quantitative estimate of drug-likeness (QED) is 0.0144. The Morgan fingerprint density at radius 3 is 1.94 bits per heavy atom. The number of carbonyl (C=O) groups excluding carboxylic acids is 12. The number of benzene rings is 1. The fourth-order valence-electron chi connectivity index (χ4n) is 11.7. The van der Waals surface area contributed by atoms with Gasteiger partial charge < -0.3 is 121 Å². The van der Waals surface area contributed by atoms with E-state index in [1.54, 1.807) is 36.9 Å². The summed E-state index contributed by atoms with van der Waals surface area (Å²) in [7, 11) is 1.40. The van der Waals surface area contributed by atoms with Gasteiger partial charge in [-0.1, -0.05) is 32.4 Å². The summed E-state index contributed by atoms with van der Waals surface area (Å²) in [5.74, 6) is -12.1. The maximum atomic E-state index is 15.4. The van der Waals surface area contributed by atoms with Crippen LogP contribution in [-0.2, 0) is 122 Å². The van der Waals surface area contributed by atoms with Crippen molar-refractivity contribution in [2.75, 3.05) is 150 Å². The normalized spacial score (nSPS) is 22.2. The predicted octanol–water partition coefficient (Wildman–Crippen LogP) is -6.25. The molecule has 109 heavy (non-hydrogen) atoms. The van der Waals surface area contributed by atoms with E-state index in [9.17, 15) is 72.9 Å². The molecule has 1 fully saturated rings. The lowest BCUT2D eigenvalue weighted by molar-refractivity contribution is -0.144. The number of aromatic amines is 1. The number of aliphatic hydroxyl groups is 3. The first-order chi connectivity index (χ1) is 52.4. The van der Waals surface area contributed by atoms with Crippen LogP contribution in [0.2, 0.25) is 0 Å². The van der Waals surface area contributed by atoms with Gasteiger partial charge in [-0.25, -0.2) is 9.48 Å². The van der Waals surface area contributed by atoms with E-state index < -0.39 is 182 Å². The van der Waals surface area contributed by atoms with E-state index in [2.05, 4.69) is 63.1 Å². The monoisotopic (exact) mass is 1580 g/mol. The Labute approximate surface area is 635 Å². The molecule has 7 rings (SSSR count). The van der Waals surface area contributed by atoms with Gasteiger partial charge in [-0.15, -0.1) is 5.10 Å². The molecular formula is C67H100N16O24S2. The predicted molar refractivity (Wildman–Crippen MR) is 385 cm³/mol. The third kappa shape index (κ3) is 27.4. The van der Waals surface area contributed by atoms with Crippen molar-refractivity contribution in [1.29, 1.82) is 0 Å². The molecule has 0 radical (unpaired) electrons. The van der Waals surface area contributed by atoms with Crippen LogP contribution in [-0.4, -0.2) is 320 Å². The number of methoxy groups -OCH3 is 1. The molecule has 604 valence electrons. The summed E-state index contributed by atoms with van der Waals surface area (Å²) in [4.78, 5) is 169. The molecule has 0 saturated carbocycles. The standard InChI is InChI=1S/C67H100N16O24S2/c1-5-39(2)57-63(95)72-31-53(88)73-48-38-109(99)65-44(29-46(60(92)71-32-54(89)76-57)74-64(96)58(40(3)50(86)36-84)77-62(94)49-28-42(85)35-82(49)66(97)47(30-52(68)87)75-61(48)93)43-6-7-51(100-4)45(59(43)78-65)37-108-27-11-70-67(98)69-10-13-101-15-17-103-19-21-105-23-25-107-26-24-106-22-20-104-18-16-102-14-12-81-33-41(79-80-81)34-83-55(90)8-9-56(83)91/h6-9,33,39-40,42,46-50,57-58,78,84-86H,5,10-32,34-38H2,1-4H3,(H2,68,87)(H,71,92)(H,72,95)(H,73,88)(H,74,96)(H,75,93)(H,76,89)(H,77,94)(H2,69,70,98)/t39-,40-,42+,46-,47-,48-,49+,50-,57+,58-,109?/m0/s1. The summed E-state index contributed by atoms with van der Waals surface area (Å²) < 4.78 is 61.6. The van der Waals surface area contributed by atoms with Crippen molar-refractivity contribution in [1.82, 2.24) is 77.6 Å². The van der Waals surface area contributed by atoms with Gasteiger partial charge in [0, 0.05) is 89.7 Å². The number of primary amides is 1. The molecule has 2 aromatic heterocycles. The van der Waals surface area contributed by atoms with E-state index in [1.807, 2.05) is 0 Å². The molecule has 15 N–H and O–H groups in total. The van der Waals surface area contributed by atoms with E-state index in [0.29, 0.717) is 114 Å². The molecule has 0 aliphatic carbocycles. The number of aromatic nitrogens is 4. The number of imide groups is 1. The Hall–Kier alpha value is -8.66. The summed E-state index contributed by atoms with van der Waals surface area (Å²) in [5.41, 5.74) is 6.93. The number of nitrogens with two attached hydrogens (primary N) is 1. The molecule has 6 heterocycles. The van der Waals surface area contributed by atoms with Crippen molar-refractivity contribution < 1.29 is 115 Å². The number of amides is 13. The summed E-state index contributed by atoms with van der Waals surface area (Å²) in [5, 5.41) is 63.1. The lowest BCUT2D eigenvalue weighted by Gasteiger charge is -2.32. The summed E-state index contributed by atoms with van der Waals surface area (Å²) in [6.07, 6.45) is -0.571. The molecule has 1 saturated heterocycles. The first-order valence-corrected chi connectivity index (χ1v) is 38.1. The number of urea groups is 1. The Bertz CT molecular complexity index is 3590. The van der Waals surface area contributed by atoms with Gasteiger partial charge in [0.25, 0.3) is 11.8 Å². The Kier molecular flexibility index (Phi) is 36.5. The van der Waals surface area contributed by atoms with Crippen molar-refractivity contribution >= 4 is 105 Å². The van der Waals surface area contributed by atoms with E-state index in [-0.39, 0.29) is 73.1 Å².